The van der Waals surface area contributed by atoms with Crippen molar-refractivity contribution in [1.29, 1.82) is 0 Å². The highest BCUT2D eigenvalue weighted by molar-refractivity contribution is 7.17. The number of amides is 2. The molecule has 3 aromatic rings. The highest BCUT2D eigenvalue weighted by Gasteiger charge is 2.28. The quantitative estimate of drug-likeness (QED) is 0.575. The summed E-state index contributed by atoms with van der Waals surface area (Å²) in [4.78, 5) is 27.7. The zero-order valence-electron chi connectivity index (χ0n) is 15.9. The van der Waals surface area contributed by atoms with Crippen LogP contribution in [-0.4, -0.2) is 11.8 Å². The minimum absolute atomic E-state index is 0.150. The molecule has 1 atom stereocenters. The van der Waals surface area contributed by atoms with Crippen LogP contribution in [0.5, 0.6) is 0 Å². The van der Waals surface area contributed by atoms with Gasteiger partial charge in [-0.05, 0) is 60.7 Å². The molecule has 0 saturated carbocycles. The van der Waals surface area contributed by atoms with E-state index in [4.69, 9.17) is 0 Å². The van der Waals surface area contributed by atoms with Gasteiger partial charge in [0.25, 0.3) is 11.8 Å². The lowest BCUT2D eigenvalue weighted by Crippen LogP contribution is -2.19. The highest BCUT2D eigenvalue weighted by atomic mass is 32.1. The van der Waals surface area contributed by atoms with Gasteiger partial charge in [-0.2, -0.15) is 0 Å². The number of aryl methyl sites for hydroxylation is 1. The van der Waals surface area contributed by atoms with Crippen molar-refractivity contribution >= 4 is 45.2 Å². The van der Waals surface area contributed by atoms with Crippen LogP contribution in [0, 0.1) is 12.8 Å². The number of nitrogens with one attached hydrogen (secondary N) is 2. The molecule has 0 spiro atoms. The third-order valence-corrected chi connectivity index (χ3v) is 7.14. The smallest absolute Gasteiger partial charge is 0.266 e. The molecule has 6 heteroatoms. The Morgan fingerprint density at radius 1 is 1.07 bits per heavy atom. The molecule has 4 rings (SSSR count). The number of para-hydroxylation sites is 1. The van der Waals surface area contributed by atoms with Gasteiger partial charge in [-0.15, -0.1) is 22.7 Å². The number of carbonyl (C=O) groups excluding carboxylic acids is 2. The fraction of sp³-hybridized carbons (Fsp3) is 0.273. The number of rotatable bonds is 4. The maximum Gasteiger partial charge on any atom is 0.266 e. The van der Waals surface area contributed by atoms with Crippen LogP contribution in [0.15, 0.2) is 41.8 Å². The van der Waals surface area contributed by atoms with Crippen LogP contribution in [0.2, 0.25) is 0 Å². The summed E-state index contributed by atoms with van der Waals surface area (Å²) in [6.45, 7) is 4.21. The van der Waals surface area contributed by atoms with E-state index in [9.17, 15) is 9.59 Å². The second-order valence-corrected chi connectivity index (χ2v) is 9.31. The standard InChI is InChI=1S/C22H22N2O2S2/c1-13-9-10-15-18(12-13)28-22(24-20(25)17-8-5-11-27-17)19(15)21(26)23-16-7-4-3-6-14(16)2/h3-8,11,13H,9-10,12H2,1-2H3,(H,23,26)(H,24,25). The third kappa shape index (κ3) is 3.75. The Kier molecular flexibility index (Phi) is 5.33. The number of carbonyl (C=O) groups is 2. The Balaban J connectivity index is 1.69. The molecule has 0 aliphatic heterocycles. The normalized spacial score (nSPS) is 15.7. The molecule has 0 radical (unpaired) electrons. The monoisotopic (exact) mass is 410 g/mol. The SMILES string of the molecule is Cc1ccccc1NC(=O)c1c(NC(=O)c2cccs2)sc2c1CCC(C)C2. The fourth-order valence-corrected chi connectivity index (χ4v) is 5.57. The minimum Gasteiger partial charge on any atom is -0.322 e. The molecule has 2 N–H and O–H groups in total. The van der Waals surface area contributed by atoms with Crippen LogP contribution in [-0.2, 0) is 12.8 Å². The van der Waals surface area contributed by atoms with Crippen molar-refractivity contribution in [3.05, 3.63) is 68.2 Å². The van der Waals surface area contributed by atoms with Crippen molar-refractivity contribution in [1.82, 2.24) is 0 Å². The van der Waals surface area contributed by atoms with E-state index in [-0.39, 0.29) is 11.8 Å². The van der Waals surface area contributed by atoms with E-state index >= 15 is 0 Å². The van der Waals surface area contributed by atoms with Gasteiger partial charge >= 0.3 is 0 Å². The molecule has 4 nitrogen and oxygen atoms in total. The molecule has 2 amide bonds. The van der Waals surface area contributed by atoms with Crippen molar-refractivity contribution in [3.8, 4) is 0 Å². The molecule has 2 heterocycles. The van der Waals surface area contributed by atoms with Crippen molar-refractivity contribution in [3.63, 3.8) is 0 Å². The summed E-state index contributed by atoms with van der Waals surface area (Å²) in [6, 6.07) is 11.4. The van der Waals surface area contributed by atoms with Crippen LogP contribution < -0.4 is 10.6 Å². The van der Waals surface area contributed by atoms with E-state index in [0.717, 1.165) is 36.1 Å². The van der Waals surface area contributed by atoms with Crippen LogP contribution in [0.3, 0.4) is 0 Å². The van der Waals surface area contributed by atoms with E-state index in [1.165, 1.54) is 16.2 Å². The summed E-state index contributed by atoms with van der Waals surface area (Å²) in [5.41, 5.74) is 3.53. The molecule has 0 fully saturated rings. The zero-order valence-corrected chi connectivity index (χ0v) is 17.5. The molecule has 1 aromatic carbocycles. The van der Waals surface area contributed by atoms with Gasteiger partial charge in [0.15, 0.2) is 0 Å². The Hall–Kier alpha value is -2.44. The van der Waals surface area contributed by atoms with Gasteiger partial charge in [0.2, 0.25) is 0 Å². The first-order chi connectivity index (χ1) is 13.5. The number of anilines is 2. The number of benzene rings is 1. The van der Waals surface area contributed by atoms with E-state index in [2.05, 4.69) is 17.6 Å². The first-order valence-corrected chi connectivity index (χ1v) is 11.1. The summed E-state index contributed by atoms with van der Waals surface area (Å²) in [6.07, 6.45) is 2.89. The third-order valence-electron chi connectivity index (χ3n) is 5.10. The van der Waals surface area contributed by atoms with Gasteiger partial charge in [-0.3, -0.25) is 9.59 Å². The second kappa shape index (κ2) is 7.89. The summed E-state index contributed by atoms with van der Waals surface area (Å²) in [5.74, 6) is 0.286. The summed E-state index contributed by atoms with van der Waals surface area (Å²) >= 11 is 2.94. The lowest BCUT2D eigenvalue weighted by molar-refractivity contribution is 0.102. The zero-order chi connectivity index (χ0) is 19.7. The maximum absolute atomic E-state index is 13.2. The maximum atomic E-state index is 13.2. The van der Waals surface area contributed by atoms with Crippen molar-refractivity contribution < 1.29 is 9.59 Å². The van der Waals surface area contributed by atoms with Crippen molar-refractivity contribution in [2.75, 3.05) is 10.6 Å². The van der Waals surface area contributed by atoms with Gasteiger partial charge in [-0.1, -0.05) is 31.2 Å². The molecule has 28 heavy (non-hydrogen) atoms. The predicted molar refractivity (Wildman–Crippen MR) is 117 cm³/mol. The van der Waals surface area contributed by atoms with Crippen molar-refractivity contribution in [2.24, 2.45) is 5.92 Å². The van der Waals surface area contributed by atoms with Crippen LogP contribution >= 0.6 is 22.7 Å². The molecule has 2 aromatic heterocycles. The molecular formula is C22H22N2O2S2. The number of fused-ring (bicyclic) bond motifs is 1. The molecule has 1 unspecified atom stereocenters. The van der Waals surface area contributed by atoms with E-state index in [0.29, 0.717) is 21.4 Å². The Morgan fingerprint density at radius 2 is 1.89 bits per heavy atom. The number of hydrogen-bond acceptors (Lipinski definition) is 4. The summed E-state index contributed by atoms with van der Waals surface area (Å²) < 4.78 is 0. The lowest BCUT2D eigenvalue weighted by Gasteiger charge is -2.19. The van der Waals surface area contributed by atoms with E-state index in [1.54, 1.807) is 17.4 Å². The number of hydrogen-bond donors (Lipinski definition) is 2. The average molecular weight is 411 g/mol. The molecule has 144 valence electrons. The predicted octanol–water partition coefficient (Wildman–Crippen LogP) is 5.75. The first-order valence-electron chi connectivity index (χ1n) is 9.39. The Labute approximate surface area is 172 Å². The lowest BCUT2D eigenvalue weighted by atomic mass is 9.88. The van der Waals surface area contributed by atoms with Gasteiger partial charge in [0.1, 0.15) is 5.00 Å². The molecule has 0 saturated heterocycles. The van der Waals surface area contributed by atoms with Crippen LogP contribution in [0.25, 0.3) is 0 Å². The fourth-order valence-electron chi connectivity index (χ4n) is 3.55. The second-order valence-electron chi connectivity index (χ2n) is 7.26. The Morgan fingerprint density at radius 3 is 2.64 bits per heavy atom. The van der Waals surface area contributed by atoms with E-state index < -0.39 is 0 Å². The molecule has 0 bridgehead atoms. The molecule has 1 aliphatic carbocycles. The Bertz CT molecular complexity index is 1020. The largest absolute Gasteiger partial charge is 0.322 e. The highest BCUT2D eigenvalue weighted by Crippen LogP contribution is 2.40. The van der Waals surface area contributed by atoms with Gasteiger partial charge in [0, 0.05) is 10.6 Å². The molecular weight excluding hydrogens is 388 g/mol. The topological polar surface area (TPSA) is 58.2 Å². The molecule has 1 aliphatic rings. The number of thiophene rings is 2. The summed E-state index contributed by atoms with van der Waals surface area (Å²) in [5, 5.41) is 8.57. The van der Waals surface area contributed by atoms with Gasteiger partial charge < -0.3 is 10.6 Å². The minimum atomic E-state index is -0.161. The van der Waals surface area contributed by atoms with Crippen molar-refractivity contribution in [2.45, 2.75) is 33.1 Å². The van der Waals surface area contributed by atoms with E-state index in [1.807, 2.05) is 42.6 Å². The first kappa shape index (κ1) is 18.9. The summed E-state index contributed by atoms with van der Waals surface area (Å²) in [7, 11) is 0. The van der Waals surface area contributed by atoms with Gasteiger partial charge in [0.05, 0.1) is 10.4 Å². The van der Waals surface area contributed by atoms with Gasteiger partial charge in [-0.25, -0.2) is 0 Å². The van der Waals surface area contributed by atoms with Crippen LogP contribution in [0.4, 0.5) is 10.7 Å². The average Bonchev–Trinajstić information content (AvgIpc) is 3.31. The van der Waals surface area contributed by atoms with Crippen LogP contribution in [0.1, 0.15) is 49.4 Å².